The Balaban J connectivity index is 1.44. The van der Waals surface area contributed by atoms with Gasteiger partial charge in [-0.25, -0.2) is 0 Å². The first kappa shape index (κ1) is 18.1. The van der Waals surface area contributed by atoms with Gasteiger partial charge in [-0.05, 0) is 49.7 Å². The smallest absolute Gasteiger partial charge is 0.264 e. The molecule has 1 amide bonds. The van der Waals surface area contributed by atoms with E-state index in [4.69, 9.17) is 4.74 Å². The van der Waals surface area contributed by atoms with Crippen LogP contribution in [0.15, 0.2) is 42.6 Å². The molecule has 5 rings (SSSR count). The zero-order chi connectivity index (χ0) is 20.0. The molecule has 4 aromatic rings. The van der Waals surface area contributed by atoms with E-state index < -0.39 is 0 Å². The first-order chi connectivity index (χ1) is 14.1. The summed E-state index contributed by atoms with van der Waals surface area (Å²) in [7, 11) is 1.70. The zero-order valence-electron chi connectivity index (χ0n) is 16.4. The van der Waals surface area contributed by atoms with Gasteiger partial charge in [-0.2, -0.15) is 0 Å². The summed E-state index contributed by atoms with van der Waals surface area (Å²) in [5.74, 6) is 0.0581. The van der Waals surface area contributed by atoms with Crippen molar-refractivity contribution in [2.45, 2.75) is 19.4 Å². The number of benzene rings is 1. The lowest BCUT2D eigenvalue weighted by molar-refractivity contribution is 0.0728. The van der Waals surface area contributed by atoms with E-state index in [1.165, 1.54) is 16.7 Å². The number of amides is 1. The Kier molecular flexibility index (Phi) is 4.49. The minimum absolute atomic E-state index is 0.0581. The van der Waals surface area contributed by atoms with Crippen LogP contribution in [0.4, 0.5) is 11.4 Å². The quantitative estimate of drug-likeness (QED) is 0.516. The van der Waals surface area contributed by atoms with Crippen molar-refractivity contribution in [2.24, 2.45) is 0 Å². The maximum atomic E-state index is 12.9. The van der Waals surface area contributed by atoms with Gasteiger partial charge >= 0.3 is 0 Å². The van der Waals surface area contributed by atoms with Crippen LogP contribution in [0.2, 0.25) is 0 Å². The molecule has 3 aromatic heterocycles. The molecule has 0 bridgehead atoms. The second kappa shape index (κ2) is 7.17. The van der Waals surface area contributed by atoms with Crippen molar-refractivity contribution in [3.05, 3.63) is 53.2 Å². The molecule has 2 N–H and O–H groups in total. The first-order valence-corrected chi connectivity index (χ1v) is 10.5. The Morgan fingerprint density at radius 3 is 3.03 bits per heavy atom. The molecule has 0 radical (unpaired) electrons. The van der Waals surface area contributed by atoms with Crippen molar-refractivity contribution in [3.63, 3.8) is 0 Å². The highest BCUT2D eigenvalue weighted by molar-refractivity contribution is 7.21. The summed E-state index contributed by atoms with van der Waals surface area (Å²) < 4.78 is 6.38. The zero-order valence-corrected chi connectivity index (χ0v) is 17.2. The number of hydrogen-bond donors (Lipinski definition) is 2. The predicted octanol–water partition coefficient (Wildman–Crippen LogP) is 4.69. The Morgan fingerprint density at radius 2 is 2.21 bits per heavy atom. The number of pyridine rings is 1. The number of rotatable bonds is 4. The third kappa shape index (κ3) is 3.36. The number of aromatic amines is 1. The van der Waals surface area contributed by atoms with Crippen LogP contribution in [0, 0.1) is 6.92 Å². The highest BCUT2D eigenvalue weighted by Gasteiger charge is 2.28. The third-order valence-electron chi connectivity index (χ3n) is 5.42. The van der Waals surface area contributed by atoms with E-state index in [-0.39, 0.29) is 12.0 Å². The summed E-state index contributed by atoms with van der Waals surface area (Å²) in [5, 5.41) is 4.67. The highest BCUT2D eigenvalue weighted by atomic mass is 32.1. The number of carbonyl (C=O) groups excluding carboxylic acids is 1. The number of nitrogens with one attached hydrogen (secondary N) is 2. The van der Waals surface area contributed by atoms with Gasteiger partial charge in [-0.15, -0.1) is 11.3 Å². The number of aryl methyl sites for hydroxylation is 1. The highest BCUT2D eigenvalue weighted by Crippen LogP contribution is 2.34. The van der Waals surface area contributed by atoms with Gasteiger partial charge in [0.05, 0.1) is 26.9 Å². The number of H-pyrrole nitrogens is 1. The molecule has 0 saturated carbocycles. The molecule has 0 unspecified atom stereocenters. The standard InChI is InChI=1S/C22H22N4O2S/c1-13-9-14-10-15(3-4-17(14)24-13)25-18-5-7-23-19-11-20(29-21(18)19)22(27)26-8-6-16(12-26)28-2/h3-5,7,9-11,16,24H,6,8,12H2,1-2H3,(H,23,25)/t16-/m0/s1. The number of thiophene rings is 1. The van der Waals surface area contributed by atoms with Crippen molar-refractivity contribution in [2.75, 3.05) is 25.5 Å². The van der Waals surface area contributed by atoms with Crippen molar-refractivity contribution in [3.8, 4) is 0 Å². The fourth-order valence-corrected chi connectivity index (χ4v) is 4.97. The monoisotopic (exact) mass is 406 g/mol. The molecule has 6 nitrogen and oxygen atoms in total. The lowest BCUT2D eigenvalue weighted by atomic mass is 10.2. The average molecular weight is 407 g/mol. The molecule has 0 spiro atoms. The Morgan fingerprint density at radius 1 is 1.31 bits per heavy atom. The molecule has 1 aliphatic rings. The molecule has 29 heavy (non-hydrogen) atoms. The van der Waals surface area contributed by atoms with E-state index in [0.29, 0.717) is 6.54 Å². The van der Waals surface area contributed by atoms with E-state index in [1.807, 2.05) is 17.0 Å². The summed E-state index contributed by atoms with van der Waals surface area (Å²) in [4.78, 5) is 23.3. The molecular formula is C22H22N4O2S. The van der Waals surface area contributed by atoms with Crippen molar-refractivity contribution >= 4 is 49.7 Å². The molecule has 0 aliphatic carbocycles. The van der Waals surface area contributed by atoms with E-state index in [2.05, 4.69) is 46.5 Å². The van der Waals surface area contributed by atoms with E-state index in [1.54, 1.807) is 13.3 Å². The van der Waals surface area contributed by atoms with Crippen molar-refractivity contribution in [1.29, 1.82) is 0 Å². The van der Waals surface area contributed by atoms with Gasteiger partial charge in [0.15, 0.2) is 0 Å². The lowest BCUT2D eigenvalue weighted by Gasteiger charge is -2.14. The largest absolute Gasteiger partial charge is 0.380 e. The fourth-order valence-electron chi connectivity index (χ4n) is 3.91. The SMILES string of the molecule is CO[C@H]1CCN(C(=O)c2cc3nccc(Nc4ccc5[nH]c(C)cc5c4)c3s2)C1. The van der Waals surface area contributed by atoms with Crippen LogP contribution < -0.4 is 5.32 Å². The van der Waals surface area contributed by atoms with Gasteiger partial charge in [0.1, 0.15) is 0 Å². The molecule has 1 saturated heterocycles. The maximum Gasteiger partial charge on any atom is 0.264 e. The van der Waals surface area contributed by atoms with Crippen LogP contribution in [-0.4, -0.2) is 47.1 Å². The third-order valence-corrected chi connectivity index (χ3v) is 6.57. The van der Waals surface area contributed by atoms with Crippen LogP contribution in [0.5, 0.6) is 0 Å². The number of fused-ring (bicyclic) bond motifs is 2. The van der Waals surface area contributed by atoms with E-state index >= 15 is 0 Å². The predicted molar refractivity (Wildman–Crippen MR) is 117 cm³/mol. The van der Waals surface area contributed by atoms with Crippen LogP contribution in [-0.2, 0) is 4.74 Å². The molecule has 7 heteroatoms. The number of ether oxygens (including phenoxy) is 1. The van der Waals surface area contributed by atoms with Crippen molar-refractivity contribution < 1.29 is 9.53 Å². The second-order valence-electron chi connectivity index (χ2n) is 7.46. The number of aromatic nitrogens is 2. The lowest BCUT2D eigenvalue weighted by Crippen LogP contribution is -2.29. The summed E-state index contributed by atoms with van der Waals surface area (Å²) >= 11 is 1.49. The molecule has 4 heterocycles. The number of methoxy groups -OCH3 is 1. The first-order valence-electron chi connectivity index (χ1n) is 9.68. The van der Waals surface area contributed by atoms with Crippen LogP contribution in [0.1, 0.15) is 21.8 Å². The molecule has 1 fully saturated rings. The van der Waals surface area contributed by atoms with Gasteiger partial charge in [0, 0.05) is 48.7 Å². The van der Waals surface area contributed by atoms with Gasteiger partial charge in [-0.1, -0.05) is 0 Å². The Hall–Kier alpha value is -2.90. The number of likely N-dealkylation sites (tertiary alicyclic amines) is 1. The van der Waals surface area contributed by atoms with Crippen molar-refractivity contribution in [1.82, 2.24) is 14.9 Å². The second-order valence-corrected chi connectivity index (χ2v) is 8.51. The van der Waals surface area contributed by atoms with Crippen LogP contribution in [0.25, 0.3) is 21.1 Å². The molecular weight excluding hydrogens is 384 g/mol. The van der Waals surface area contributed by atoms with Crippen LogP contribution >= 0.6 is 11.3 Å². The average Bonchev–Trinajstić information content (AvgIpc) is 3.44. The van der Waals surface area contributed by atoms with E-state index in [0.717, 1.165) is 50.6 Å². The maximum absolute atomic E-state index is 12.9. The Labute approximate surface area is 172 Å². The van der Waals surface area contributed by atoms with Gasteiger partial charge in [0.2, 0.25) is 0 Å². The van der Waals surface area contributed by atoms with Gasteiger partial charge in [0.25, 0.3) is 5.91 Å². The normalized spacial score (nSPS) is 16.8. The van der Waals surface area contributed by atoms with Gasteiger partial charge < -0.3 is 19.9 Å². The molecule has 1 aliphatic heterocycles. The Bertz CT molecular complexity index is 1210. The number of carbonyl (C=O) groups is 1. The minimum Gasteiger partial charge on any atom is -0.380 e. The molecule has 1 aromatic carbocycles. The number of anilines is 2. The molecule has 148 valence electrons. The summed E-state index contributed by atoms with van der Waals surface area (Å²) in [6.07, 6.45) is 2.80. The van der Waals surface area contributed by atoms with Gasteiger partial charge in [-0.3, -0.25) is 9.78 Å². The topological polar surface area (TPSA) is 70.2 Å². The summed E-state index contributed by atoms with van der Waals surface area (Å²) in [6, 6.07) is 12.2. The van der Waals surface area contributed by atoms with Crippen LogP contribution in [0.3, 0.4) is 0 Å². The minimum atomic E-state index is 0.0581. The number of hydrogen-bond acceptors (Lipinski definition) is 5. The molecule has 1 atom stereocenters. The number of nitrogens with zero attached hydrogens (tertiary/aromatic N) is 2. The fraction of sp³-hybridized carbons (Fsp3) is 0.273. The summed E-state index contributed by atoms with van der Waals surface area (Å²) in [6.45, 7) is 3.44. The summed E-state index contributed by atoms with van der Waals surface area (Å²) in [5.41, 5.74) is 5.07. The van der Waals surface area contributed by atoms with E-state index in [9.17, 15) is 4.79 Å².